The first kappa shape index (κ1) is 10.4. The fourth-order valence-corrected chi connectivity index (χ4v) is 2.25. The molecule has 5 heteroatoms. The predicted octanol–water partition coefficient (Wildman–Crippen LogP) is 1.23. The number of para-hydroxylation sites is 1. The number of hydrogen-bond acceptors (Lipinski definition) is 5. The van der Waals surface area contributed by atoms with Gasteiger partial charge in [-0.15, -0.1) is 0 Å². The van der Waals surface area contributed by atoms with Crippen LogP contribution in [0.5, 0.6) is 0 Å². The maximum absolute atomic E-state index is 9.12. The molecule has 90 valence electrons. The third-order valence-corrected chi connectivity index (χ3v) is 3.25. The van der Waals surface area contributed by atoms with Gasteiger partial charge in [-0.2, -0.15) is 4.98 Å². The fraction of sp³-hybridized carbons (Fsp3) is 0.417. The van der Waals surface area contributed by atoms with Gasteiger partial charge in [0.05, 0.1) is 5.69 Å². The zero-order valence-electron chi connectivity index (χ0n) is 9.47. The Hall–Kier alpha value is -1.75. The molecule has 1 unspecified atom stereocenters. The molecule has 1 atom stereocenters. The number of rotatable bonds is 2. The van der Waals surface area contributed by atoms with Crippen molar-refractivity contribution in [2.45, 2.75) is 6.42 Å². The zero-order valence-corrected chi connectivity index (χ0v) is 9.47. The normalized spacial score (nSPS) is 20.3. The highest BCUT2D eigenvalue weighted by molar-refractivity contribution is 5.86. The van der Waals surface area contributed by atoms with Crippen LogP contribution in [0.15, 0.2) is 22.6 Å². The molecule has 0 amide bonds. The van der Waals surface area contributed by atoms with E-state index in [2.05, 4.69) is 9.88 Å². The van der Waals surface area contributed by atoms with Crippen molar-refractivity contribution in [3.8, 4) is 0 Å². The van der Waals surface area contributed by atoms with Gasteiger partial charge in [0.15, 0.2) is 5.58 Å². The minimum Gasteiger partial charge on any atom is -0.423 e. The van der Waals surface area contributed by atoms with Crippen molar-refractivity contribution in [2.75, 3.05) is 30.3 Å². The average Bonchev–Trinajstić information content (AvgIpc) is 2.95. The second kappa shape index (κ2) is 3.92. The summed E-state index contributed by atoms with van der Waals surface area (Å²) in [5.41, 5.74) is 7.91. The van der Waals surface area contributed by atoms with Gasteiger partial charge < -0.3 is 20.2 Å². The van der Waals surface area contributed by atoms with Gasteiger partial charge in [0.1, 0.15) is 5.52 Å². The number of nitrogen functional groups attached to an aromatic ring is 1. The Morgan fingerprint density at radius 1 is 1.53 bits per heavy atom. The minimum absolute atomic E-state index is 0.221. The second-order valence-electron chi connectivity index (χ2n) is 4.47. The first-order chi connectivity index (χ1) is 8.28. The van der Waals surface area contributed by atoms with Crippen LogP contribution in [0.2, 0.25) is 0 Å². The summed E-state index contributed by atoms with van der Waals surface area (Å²) in [6.07, 6.45) is 0.977. The van der Waals surface area contributed by atoms with Gasteiger partial charge in [-0.1, -0.05) is 6.07 Å². The van der Waals surface area contributed by atoms with Crippen LogP contribution in [0.3, 0.4) is 0 Å². The number of anilines is 2. The third-order valence-electron chi connectivity index (χ3n) is 3.25. The van der Waals surface area contributed by atoms with Crippen LogP contribution < -0.4 is 10.6 Å². The van der Waals surface area contributed by atoms with E-state index in [1.807, 2.05) is 18.2 Å². The van der Waals surface area contributed by atoms with Crippen molar-refractivity contribution in [3.05, 3.63) is 18.2 Å². The third kappa shape index (κ3) is 1.72. The Morgan fingerprint density at radius 2 is 2.41 bits per heavy atom. The number of hydrogen-bond donors (Lipinski definition) is 2. The van der Waals surface area contributed by atoms with Crippen LogP contribution in [0.4, 0.5) is 11.7 Å². The van der Waals surface area contributed by atoms with Crippen molar-refractivity contribution in [1.82, 2.24) is 4.98 Å². The van der Waals surface area contributed by atoms with E-state index in [0.717, 1.165) is 25.0 Å². The van der Waals surface area contributed by atoms with E-state index < -0.39 is 0 Å². The Bertz CT molecular complexity index is 538. The number of fused-ring (bicyclic) bond motifs is 1. The van der Waals surface area contributed by atoms with Gasteiger partial charge in [-0.05, 0) is 18.6 Å². The van der Waals surface area contributed by atoms with E-state index in [1.54, 1.807) is 0 Å². The van der Waals surface area contributed by atoms with Gasteiger partial charge in [-0.25, -0.2) is 0 Å². The summed E-state index contributed by atoms with van der Waals surface area (Å²) < 4.78 is 5.68. The van der Waals surface area contributed by atoms with E-state index in [0.29, 0.717) is 23.2 Å². The Morgan fingerprint density at radius 3 is 3.12 bits per heavy atom. The molecule has 3 N–H and O–H groups in total. The molecule has 1 fully saturated rings. The van der Waals surface area contributed by atoms with Crippen molar-refractivity contribution < 1.29 is 9.52 Å². The number of nitrogens with two attached hydrogens (primary N) is 1. The smallest absolute Gasteiger partial charge is 0.298 e. The first-order valence-corrected chi connectivity index (χ1v) is 5.79. The number of aliphatic hydroxyl groups is 1. The van der Waals surface area contributed by atoms with Crippen LogP contribution in [0.1, 0.15) is 6.42 Å². The quantitative estimate of drug-likeness (QED) is 0.763. The summed E-state index contributed by atoms with van der Waals surface area (Å²) in [6, 6.07) is 6.14. The zero-order chi connectivity index (χ0) is 11.8. The molecule has 0 radical (unpaired) electrons. The molecule has 3 rings (SSSR count). The van der Waals surface area contributed by atoms with Crippen molar-refractivity contribution in [3.63, 3.8) is 0 Å². The van der Waals surface area contributed by atoms with Crippen molar-refractivity contribution >= 4 is 22.8 Å². The molecule has 1 aromatic heterocycles. The lowest BCUT2D eigenvalue weighted by Gasteiger charge is -2.12. The molecule has 0 aliphatic carbocycles. The molecule has 1 aliphatic rings. The Balaban J connectivity index is 1.94. The predicted molar refractivity (Wildman–Crippen MR) is 65.8 cm³/mol. The van der Waals surface area contributed by atoms with Gasteiger partial charge in [-0.3, -0.25) is 0 Å². The number of aliphatic hydroxyl groups excluding tert-OH is 1. The van der Waals surface area contributed by atoms with Gasteiger partial charge in [0.2, 0.25) is 0 Å². The fourth-order valence-electron chi connectivity index (χ4n) is 2.25. The van der Waals surface area contributed by atoms with Gasteiger partial charge in [0, 0.05) is 25.6 Å². The molecular formula is C12H15N3O2. The highest BCUT2D eigenvalue weighted by atomic mass is 16.4. The summed E-state index contributed by atoms with van der Waals surface area (Å²) in [5.74, 6) is 0.322. The number of oxazole rings is 1. The van der Waals surface area contributed by atoms with Crippen LogP contribution in [0, 0.1) is 5.92 Å². The SMILES string of the molecule is Nc1cccc2oc(N3CCC(CO)C3)nc12. The highest BCUT2D eigenvalue weighted by Crippen LogP contribution is 2.28. The number of nitrogens with zero attached hydrogens (tertiary/aromatic N) is 2. The number of aromatic nitrogens is 1. The van der Waals surface area contributed by atoms with Crippen LogP contribution in [-0.4, -0.2) is 29.8 Å². The molecule has 1 aromatic carbocycles. The molecule has 2 aromatic rings. The highest BCUT2D eigenvalue weighted by Gasteiger charge is 2.25. The average molecular weight is 233 g/mol. The standard InChI is InChI=1S/C12H15N3O2/c13-9-2-1-3-10-11(9)14-12(17-10)15-5-4-8(6-15)7-16/h1-3,8,16H,4-7,13H2. The largest absolute Gasteiger partial charge is 0.423 e. The summed E-state index contributed by atoms with van der Waals surface area (Å²) in [6.45, 7) is 1.89. The number of benzene rings is 1. The maximum Gasteiger partial charge on any atom is 0.298 e. The summed E-state index contributed by atoms with van der Waals surface area (Å²) in [7, 11) is 0. The molecule has 2 heterocycles. The topological polar surface area (TPSA) is 75.5 Å². The molecular weight excluding hydrogens is 218 g/mol. The molecule has 17 heavy (non-hydrogen) atoms. The molecule has 1 saturated heterocycles. The van der Waals surface area contributed by atoms with Gasteiger partial charge >= 0.3 is 0 Å². The molecule has 0 saturated carbocycles. The lowest BCUT2D eigenvalue weighted by Crippen LogP contribution is -2.20. The maximum atomic E-state index is 9.12. The van der Waals surface area contributed by atoms with E-state index in [9.17, 15) is 0 Å². The lowest BCUT2D eigenvalue weighted by atomic mass is 10.1. The molecule has 0 bridgehead atoms. The van der Waals surface area contributed by atoms with Crippen LogP contribution >= 0.6 is 0 Å². The van der Waals surface area contributed by atoms with Crippen LogP contribution in [0.25, 0.3) is 11.1 Å². The molecule has 1 aliphatic heterocycles. The minimum atomic E-state index is 0.221. The second-order valence-corrected chi connectivity index (χ2v) is 4.47. The monoisotopic (exact) mass is 233 g/mol. The van der Waals surface area contributed by atoms with E-state index in [-0.39, 0.29) is 6.61 Å². The van der Waals surface area contributed by atoms with E-state index in [1.165, 1.54) is 0 Å². The molecule has 5 nitrogen and oxygen atoms in total. The van der Waals surface area contributed by atoms with E-state index >= 15 is 0 Å². The summed E-state index contributed by atoms with van der Waals surface area (Å²) >= 11 is 0. The van der Waals surface area contributed by atoms with Crippen molar-refractivity contribution in [1.29, 1.82) is 0 Å². The summed E-state index contributed by atoms with van der Waals surface area (Å²) in [4.78, 5) is 6.47. The Labute approximate surface area is 98.8 Å². The summed E-state index contributed by atoms with van der Waals surface area (Å²) in [5, 5.41) is 9.12. The Kier molecular flexibility index (Phi) is 2.40. The lowest BCUT2D eigenvalue weighted by molar-refractivity contribution is 0.238. The molecule has 0 spiro atoms. The van der Waals surface area contributed by atoms with Crippen molar-refractivity contribution in [2.24, 2.45) is 5.92 Å². The first-order valence-electron chi connectivity index (χ1n) is 5.79. The van der Waals surface area contributed by atoms with E-state index in [4.69, 9.17) is 15.3 Å². The van der Waals surface area contributed by atoms with Crippen LogP contribution in [-0.2, 0) is 0 Å². The van der Waals surface area contributed by atoms with Gasteiger partial charge in [0.25, 0.3) is 6.01 Å².